The highest BCUT2D eigenvalue weighted by molar-refractivity contribution is 5.29. The van der Waals surface area contributed by atoms with Crippen LogP contribution in [0.2, 0.25) is 0 Å². The van der Waals surface area contributed by atoms with Crippen LogP contribution in [-0.4, -0.2) is 22.9 Å². The molecule has 0 fully saturated rings. The first-order chi connectivity index (χ1) is 9.08. The molecule has 0 bridgehead atoms. The van der Waals surface area contributed by atoms with Crippen LogP contribution in [0.4, 0.5) is 0 Å². The fraction of sp³-hybridized carbons (Fsp3) is 0.400. The normalized spacial score (nSPS) is 12.4. The Morgan fingerprint density at radius 1 is 1.32 bits per heavy atom. The van der Waals surface area contributed by atoms with Gasteiger partial charge in [0.1, 0.15) is 5.75 Å². The molecular formula is C15H21N3O. The molecule has 0 amide bonds. The van der Waals surface area contributed by atoms with Crippen molar-refractivity contribution in [3.63, 3.8) is 0 Å². The number of nitrogens with zero attached hydrogens (tertiary/aromatic N) is 2. The highest BCUT2D eigenvalue weighted by atomic mass is 16.5. The molecule has 2 rings (SSSR count). The number of rotatable bonds is 5. The molecule has 2 aromatic rings. The molecule has 1 unspecified atom stereocenters. The van der Waals surface area contributed by atoms with E-state index in [1.165, 1.54) is 11.3 Å². The first-order valence-electron chi connectivity index (χ1n) is 6.46. The van der Waals surface area contributed by atoms with Gasteiger partial charge in [0.25, 0.3) is 0 Å². The Balaban J connectivity index is 2.00. The molecule has 0 aliphatic heterocycles. The zero-order valence-electron chi connectivity index (χ0n) is 11.8. The van der Waals surface area contributed by atoms with Gasteiger partial charge in [-0.3, -0.25) is 4.68 Å². The maximum absolute atomic E-state index is 6.23. The van der Waals surface area contributed by atoms with E-state index in [9.17, 15) is 0 Å². The van der Waals surface area contributed by atoms with E-state index in [4.69, 9.17) is 10.5 Å². The summed E-state index contributed by atoms with van der Waals surface area (Å²) in [6.07, 6.45) is 1.66. The highest BCUT2D eigenvalue weighted by Gasteiger charge is 2.10. The lowest BCUT2D eigenvalue weighted by Crippen LogP contribution is -2.26. The van der Waals surface area contributed by atoms with Crippen molar-refractivity contribution in [2.75, 3.05) is 7.11 Å². The molecule has 0 radical (unpaired) electrons. The lowest BCUT2D eigenvalue weighted by molar-refractivity contribution is 0.414. The Labute approximate surface area is 114 Å². The van der Waals surface area contributed by atoms with Crippen molar-refractivity contribution in [1.82, 2.24) is 9.78 Å². The predicted molar refractivity (Wildman–Crippen MR) is 76.3 cm³/mol. The number of ether oxygens (including phenoxy) is 1. The predicted octanol–water partition coefficient (Wildman–Crippen LogP) is 1.85. The molecule has 0 spiro atoms. The van der Waals surface area contributed by atoms with Crippen LogP contribution in [-0.2, 0) is 19.9 Å². The molecule has 1 aromatic carbocycles. The van der Waals surface area contributed by atoms with E-state index in [-0.39, 0.29) is 6.04 Å². The van der Waals surface area contributed by atoms with Crippen LogP contribution in [0.25, 0.3) is 0 Å². The van der Waals surface area contributed by atoms with Crippen LogP contribution in [0.5, 0.6) is 5.75 Å². The number of methoxy groups -OCH3 is 1. The molecular weight excluding hydrogens is 238 g/mol. The zero-order valence-corrected chi connectivity index (χ0v) is 11.8. The minimum atomic E-state index is 0.0851. The quantitative estimate of drug-likeness (QED) is 0.891. The zero-order chi connectivity index (χ0) is 13.8. The lowest BCUT2D eigenvalue weighted by atomic mass is 10.0. The fourth-order valence-electron chi connectivity index (χ4n) is 2.30. The van der Waals surface area contributed by atoms with Gasteiger partial charge in [-0.25, -0.2) is 0 Å². The van der Waals surface area contributed by atoms with Gasteiger partial charge in [-0.1, -0.05) is 12.1 Å². The number of nitrogens with two attached hydrogens (primary N) is 1. The summed E-state index contributed by atoms with van der Waals surface area (Å²) in [5, 5.41) is 4.34. The molecule has 1 aromatic heterocycles. The Hall–Kier alpha value is -1.81. The molecule has 0 aliphatic rings. The van der Waals surface area contributed by atoms with E-state index >= 15 is 0 Å². The van der Waals surface area contributed by atoms with Crippen molar-refractivity contribution in [3.8, 4) is 5.75 Å². The van der Waals surface area contributed by atoms with E-state index in [0.29, 0.717) is 0 Å². The van der Waals surface area contributed by atoms with E-state index in [0.717, 1.165) is 24.3 Å². The summed E-state index contributed by atoms with van der Waals surface area (Å²) in [6, 6.07) is 10.2. The van der Waals surface area contributed by atoms with Crippen molar-refractivity contribution in [2.24, 2.45) is 12.8 Å². The van der Waals surface area contributed by atoms with Crippen LogP contribution in [0.1, 0.15) is 17.0 Å². The highest BCUT2D eigenvalue weighted by Crippen LogP contribution is 2.15. The van der Waals surface area contributed by atoms with Gasteiger partial charge in [0, 0.05) is 25.2 Å². The van der Waals surface area contributed by atoms with Crippen LogP contribution in [0.15, 0.2) is 30.3 Å². The Kier molecular flexibility index (Phi) is 4.22. The molecule has 0 aliphatic carbocycles. The first kappa shape index (κ1) is 13.6. The third kappa shape index (κ3) is 3.58. The summed E-state index contributed by atoms with van der Waals surface area (Å²) in [7, 11) is 3.64. The number of benzene rings is 1. The van der Waals surface area contributed by atoms with Gasteiger partial charge in [-0.2, -0.15) is 5.10 Å². The molecule has 4 nitrogen and oxygen atoms in total. The van der Waals surface area contributed by atoms with Gasteiger partial charge in [0.2, 0.25) is 0 Å². The Morgan fingerprint density at radius 3 is 2.74 bits per heavy atom. The summed E-state index contributed by atoms with van der Waals surface area (Å²) in [6.45, 7) is 2.00. The molecule has 1 heterocycles. The van der Waals surface area contributed by atoms with Crippen molar-refractivity contribution < 1.29 is 4.74 Å². The molecule has 4 heteroatoms. The summed E-state index contributed by atoms with van der Waals surface area (Å²) in [5.74, 6) is 0.876. The van der Waals surface area contributed by atoms with E-state index in [1.807, 2.05) is 36.9 Å². The van der Waals surface area contributed by atoms with Crippen molar-refractivity contribution in [1.29, 1.82) is 0 Å². The van der Waals surface area contributed by atoms with Gasteiger partial charge >= 0.3 is 0 Å². The second-order valence-electron chi connectivity index (χ2n) is 4.92. The van der Waals surface area contributed by atoms with Gasteiger partial charge in [0.15, 0.2) is 0 Å². The second-order valence-corrected chi connectivity index (χ2v) is 4.92. The number of aromatic nitrogens is 2. The average Bonchev–Trinajstić information content (AvgIpc) is 2.68. The van der Waals surface area contributed by atoms with Crippen LogP contribution in [0.3, 0.4) is 0 Å². The summed E-state index contributed by atoms with van der Waals surface area (Å²) in [5.41, 5.74) is 9.63. The largest absolute Gasteiger partial charge is 0.497 e. The third-order valence-electron chi connectivity index (χ3n) is 3.20. The number of aryl methyl sites for hydroxylation is 2. The molecule has 2 N–H and O–H groups in total. The maximum atomic E-state index is 6.23. The van der Waals surface area contributed by atoms with Crippen molar-refractivity contribution >= 4 is 0 Å². The summed E-state index contributed by atoms with van der Waals surface area (Å²) >= 11 is 0. The van der Waals surface area contributed by atoms with E-state index < -0.39 is 0 Å². The smallest absolute Gasteiger partial charge is 0.119 e. The molecule has 19 heavy (non-hydrogen) atoms. The van der Waals surface area contributed by atoms with Crippen LogP contribution in [0, 0.1) is 6.92 Å². The summed E-state index contributed by atoms with van der Waals surface area (Å²) < 4.78 is 7.13. The summed E-state index contributed by atoms with van der Waals surface area (Å²) in [4.78, 5) is 0. The monoisotopic (exact) mass is 259 g/mol. The average molecular weight is 259 g/mol. The lowest BCUT2D eigenvalue weighted by Gasteiger charge is -2.12. The number of hydrogen-bond donors (Lipinski definition) is 1. The van der Waals surface area contributed by atoms with Gasteiger partial charge in [-0.05, 0) is 37.1 Å². The van der Waals surface area contributed by atoms with Crippen LogP contribution < -0.4 is 10.5 Å². The topological polar surface area (TPSA) is 53.1 Å². The van der Waals surface area contributed by atoms with Crippen LogP contribution >= 0.6 is 0 Å². The maximum Gasteiger partial charge on any atom is 0.119 e. The standard InChI is InChI=1S/C15H21N3O/c1-11-7-14(18(2)17-11)10-13(16)8-12-5-4-6-15(9-12)19-3/h4-7,9,13H,8,10,16H2,1-3H3. The van der Waals surface area contributed by atoms with Gasteiger partial charge in [0.05, 0.1) is 12.8 Å². The molecule has 0 saturated heterocycles. The van der Waals surface area contributed by atoms with Crippen molar-refractivity contribution in [3.05, 3.63) is 47.3 Å². The SMILES string of the molecule is COc1cccc(CC(N)Cc2cc(C)nn2C)c1. The molecule has 1 atom stereocenters. The first-order valence-corrected chi connectivity index (χ1v) is 6.46. The minimum Gasteiger partial charge on any atom is -0.497 e. The van der Waals surface area contributed by atoms with E-state index in [1.54, 1.807) is 7.11 Å². The number of hydrogen-bond acceptors (Lipinski definition) is 3. The molecule has 0 saturated carbocycles. The van der Waals surface area contributed by atoms with Gasteiger partial charge in [-0.15, -0.1) is 0 Å². The Bertz CT molecular complexity index is 548. The minimum absolute atomic E-state index is 0.0851. The fourth-order valence-corrected chi connectivity index (χ4v) is 2.30. The van der Waals surface area contributed by atoms with Crippen molar-refractivity contribution in [2.45, 2.75) is 25.8 Å². The van der Waals surface area contributed by atoms with E-state index in [2.05, 4.69) is 17.2 Å². The van der Waals surface area contributed by atoms with Gasteiger partial charge < -0.3 is 10.5 Å². The Morgan fingerprint density at radius 2 is 2.11 bits per heavy atom. The third-order valence-corrected chi connectivity index (χ3v) is 3.20. The second kappa shape index (κ2) is 5.89. The molecule has 102 valence electrons.